The Morgan fingerprint density at radius 1 is 0.933 bits per heavy atom. The highest BCUT2D eigenvalue weighted by Crippen LogP contribution is 2.40. The van der Waals surface area contributed by atoms with Gasteiger partial charge in [-0.2, -0.15) is 26.3 Å². The van der Waals surface area contributed by atoms with Gasteiger partial charge in [-0.15, -0.1) is 12.4 Å². The lowest BCUT2D eigenvalue weighted by molar-refractivity contribution is -0.143. The number of benzene rings is 2. The number of alkyl halides is 6. The summed E-state index contributed by atoms with van der Waals surface area (Å²) in [4.78, 5) is 14.2. The molecular formula is C20H19ClF6N2O. The van der Waals surface area contributed by atoms with E-state index in [0.717, 1.165) is 0 Å². The van der Waals surface area contributed by atoms with Crippen molar-refractivity contribution in [3.8, 4) is 0 Å². The Morgan fingerprint density at radius 3 is 2.07 bits per heavy atom. The number of piperazine rings is 1. The molecule has 0 aromatic heterocycles. The Kier molecular flexibility index (Phi) is 7.41. The molecule has 0 unspecified atom stereocenters. The van der Waals surface area contributed by atoms with Gasteiger partial charge in [-0.1, -0.05) is 30.3 Å². The smallest absolute Gasteiger partial charge is 0.336 e. The van der Waals surface area contributed by atoms with Gasteiger partial charge in [0, 0.05) is 31.7 Å². The van der Waals surface area contributed by atoms with E-state index in [1.54, 1.807) is 30.3 Å². The highest BCUT2D eigenvalue weighted by Gasteiger charge is 2.40. The highest BCUT2D eigenvalue weighted by atomic mass is 35.5. The number of carbonyl (C=O) groups is 1. The molecule has 3 nitrogen and oxygen atoms in total. The van der Waals surface area contributed by atoms with Crippen LogP contribution in [0.5, 0.6) is 0 Å². The largest absolute Gasteiger partial charge is 0.416 e. The molecule has 0 spiro atoms. The van der Waals surface area contributed by atoms with Crippen molar-refractivity contribution < 1.29 is 31.1 Å². The molecule has 0 aliphatic carbocycles. The number of nitrogens with one attached hydrogen (secondary N) is 1. The summed E-state index contributed by atoms with van der Waals surface area (Å²) in [5.74, 6) is -0.825. The average molecular weight is 453 g/mol. The fourth-order valence-corrected chi connectivity index (χ4v) is 3.31. The third-order valence-electron chi connectivity index (χ3n) is 4.74. The molecule has 3 rings (SSSR count). The van der Waals surface area contributed by atoms with E-state index >= 15 is 0 Å². The molecule has 2 aromatic carbocycles. The van der Waals surface area contributed by atoms with Crippen molar-refractivity contribution in [1.82, 2.24) is 10.2 Å². The minimum Gasteiger partial charge on any atom is -0.336 e. The SMILES string of the molecule is Cl.O=C(c1cc(C(F)(F)F)cc(C(F)(F)F)c1Cc1ccccc1)N1CCNCC1. The van der Waals surface area contributed by atoms with E-state index in [1.807, 2.05) is 0 Å². The Morgan fingerprint density at radius 2 is 1.53 bits per heavy atom. The predicted molar refractivity (Wildman–Crippen MR) is 102 cm³/mol. The minimum absolute atomic E-state index is 0. The monoisotopic (exact) mass is 452 g/mol. The van der Waals surface area contributed by atoms with E-state index < -0.39 is 40.5 Å². The van der Waals surface area contributed by atoms with E-state index in [-0.39, 0.29) is 38.0 Å². The summed E-state index contributed by atoms with van der Waals surface area (Å²) in [6.45, 7) is 1.26. The van der Waals surface area contributed by atoms with Gasteiger partial charge in [-0.05, 0) is 29.7 Å². The lowest BCUT2D eigenvalue weighted by Gasteiger charge is -2.29. The van der Waals surface area contributed by atoms with Gasteiger partial charge in [0.25, 0.3) is 5.91 Å². The first-order valence-corrected chi connectivity index (χ1v) is 8.92. The Labute approximate surface area is 175 Å². The highest BCUT2D eigenvalue weighted by molar-refractivity contribution is 5.96. The van der Waals surface area contributed by atoms with Gasteiger partial charge in [0.05, 0.1) is 11.1 Å². The lowest BCUT2D eigenvalue weighted by Crippen LogP contribution is -2.46. The maximum atomic E-state index is 13.7. The number of halogens is 7. The van der Waals surface area contributed by atoms with Crippen LogP contribution in [0.15, 0.2) is 42.5 Å². The zero-order valence-electron chi connectivity index (χ0n) is 15.6. The zero-order valence-corrected chi connectivity index (χ0v) is 16.4. The summed E-state index contributed by atoms with van der Waals surface area (Å²) in [7, 11) is 0. The Hall–Kier alpha value is -2.26. The van der Waals surface area contributed by atoms with Crippen LogP contribution in [-0.2, 0) is 18.8 Å². The number of hydrogen-bond acceptors (Lipinski definition) is 2. The van der Waals surface area contributed by atoms with Crippen LogP contribution in [0.4, 0.5) is 26.3 Å². The second kappa shape index (κ2) is 9.26. The normalized spacial score (nSPS) is 14.9. The molecule has 10 heteroatoms. The zero-order chi connectivity index (χ0) is 21.2. The molecule has 0 saturated carbocycles. The number of amides is 1. The van der Waals surface area contributed by atoms with Crippen molar-refractivity contribution in [2.24, 2.45) is 0 Å². The van der Waals surface area contributed by atoms with Crippen LogP contribution < -0.4 is 5.32 Å². The number of carbonyl (C=O) groups excluding carboxylic acids is 1. The number of hydrogen-bond donors (Lipinski definition) is 1. The molecule has 1 aliphatic heterocycles. The first-order chi connectivity index (χ1) is 13.6. The van der Waals surface area contributed by atoms with Crippen LogP contribution >= 0.6 is 12.4 Å². The van der Waals surface area contributed by atoms with Gasteiger partial charge >= 0.3 is 12.4 Å². The summed E-state index contributed by atoms with van der Waals surface area (Å²) < 4.78 is 81.0. The van der Waals surface area contributed by atoms with Crippen molar-refractivity contribution in [3.05, 3.63) is 70.3 Å². The fraction of sp³-hybridized carbons (Fsp3) is 0.350. The summed E-state index contributed by atoms with van der Waals surface area (Å²) in [6, 6.07) is 8.67. The number of rotatable bonds is 3. The first kappa shape index (κ1) is 24.0. The molecule has 164 valence electrons. The minimum atomic E-state index is -5.04. The van der Waals surface area contributed by atoms with E-state index in [9.17, 15) is 31.1 Å². The molecular weight excluding hydrogens is 434 g/mol. The van der Waals surface area contributed by atoms with Crippen molar-refractivity contribution in [1.29, 1.82) is 0 Å². The summed E-state index contributed by atoms with van der Waals surface area (Å²) in [5, 5.41) is 2.99. The van der Waals surface area contributed by atoms with Crippen LogP contribution in [0.3, 0.4) is 0 Å². The third-order valence-corrected chi connectivity index (χ3v) is 4.74. The Balaban J connectivity index is 0.00000320. The lowest BCUT2D eigenvalue weighted by atomic mass is 9.91. The van der Waals surface area contributed by atoms with E-state index in [1.165, 1.54) is 4.90 Å². The third kappa shape index (κ3) is 5.46. The topological polar surface area (TPSA) is 32.3 Å². The van der Waals surface area contributed by atoms with E-state index in [4.69, 9.17) is 0 Å². The second-order valence-corrected chi connectivity index (χ2v) is 6.75. The standard InChI is InChI=1S/C20H18F6N2O.ClH/c21-19(22,23)14-11-16(18(29)28-8-6-27-7-9-28)15(17(12-14)20(24,25)26)10-13-4-2-1-3-5-13;/h1-5,11-12,27H,6-10H2;1H. The van der Waals surface area contributed by atoms with Gasteiger partial charge in [-0.25, -0.2) is 0 Å². The van der Waals surface area contributed by atoms with Gasteiger partial charge in [0.1, 0.15) is 0 Å². The van der Waals surface area contributed by atoms with Crippen molar-refractivity contribution in [3.63, 3.8) is 0 Å². The first-order valence-electron chi connectivity index (χ1n) is 8.92. The summed E-state index contributed by atoms with van der Waals surface area (Å²) in [6.07, 6.45) is -10.4. The molecule has 1 amide bonds. The van der Waals surface area contributed by atoms with Crippen LogP contribution in [0.2, 0.25) is 0 Å². The molecule has 1 fully saturated rings. The molecule has 0 radical (unpaired) electrons. The molecule has 30 heavy (non-hydrogen) atoms. The average Bonchev–Trinajstić information content (AvgIpc) is 2.67. The van der Waals surface area contributed by atoms with Crippen molar-refractivity contribution in [2.45, 2.75) is 18.8 Å². The molecule has 0 atom stereocenters. The molecule has 1 heterocycles. The van der Waals surface area contributed by atoms with Crippen LogP contribution in [-0.4, -0.2) is 37.0 Å². The van der Waals surface area contributed by atoms with Crippen LogP contribution in [0.1, 0.15) is 32.6 Å². The molecule has 0 bridgehead atoms. The van der Waals surface area contributed by atoms with Crippen molar-refractivity contribution >= 4 is 18.3 Å². The van der Waals surface area contributed by atoms with Gasteiger partial charge in [-0.3, -0.25) is 4.79 Å². The second-order valence-electron chi connectivity index (χ2n) is 6.75. The van der Waals surface area contributed by atoms with Crippen molar-refractivity contribution in [2.75, 3.05) is 26.2 Å². The van der Waals surface area contributed by atoms with Gasteiger partial charge < -0.3 is 10.2 Å². The fourth-order valence-electron chi connectivity index (χ4n) is 3.31. The van der Waals surface area contributed by atoms with E-state index in [2.05, 4.69) is 5.32 Å². The quantitative estimate of drug-likeness (QED) is 0.680. The maximum Gasteiger partial charge on any atom is 0.416 e. The molecule has 1 saturated heterocycles. The van der Waals surface area contributed by atoms with Gasteiger partial charge in [0.2, 0.25) is 0 Å². The predicted octanol–water partition coefficient (Wildman–Crippen LogP) is 4.78. The Bertz CT molecular complexity index is 877. The van der Waals surface area contributed by atoms with Crippen LogP contribution in [0, 0.1) is 0 Å². The number of nitrogens with zero attached hydrogens (tertiary/aromatic N) is 1. The maximum absolute atomic E-state index is 13.7. The molecule has 1 aliphatic rings. The molecule has 1 N–H and O–H groups in total. The van der Waals surface area contributed by atoms with Gasteiger partial charge in [0.15, 0.2) is 0 Å². The van der Waals surface area contributed by atoms with E-state index in [0.29, 0.717) is 24.7 Å². The summed E-state index contributed by atoms with van der Waals surface area (Å²) in [5.41, 5.74) is -3.46. The van der Waals surface area contributed by atoms with Crippen LogP contribution in [0.25, 0.3) is 0 Å². The summed E-state index contributed by atoms with van der Waals surface area (Å²) >= 11 is 0. The molecule has 2 aromatic rings.